The maximum atomic E-state index is 11.7. The SMILES string of the molecule is CNS(=O)(=O)Nc1cc(N2CCN(C=O)CC2)ccc1OC. The maximum Gasteiger partial charge on any atom is 0.298 e. The van der Waals surface area contributed by atoms with Crippen LogP contribution in [-0.4, -0.2) is 60.1 Å². The first kappa shape index (κ1) is 16.4. The highest BCUT2D eigenvalue weighted by Crippen LogP contribution is 2.30. The highest BCUT2D eigenvalue weighted by atomic mass is 32.2. The van der Waals surface area contributed by atoms with Crippen LogP contribution < -0.4 is 19.1 Å². The molecule has 8 nitrogen and oxygen atoms in total. The number of ether oxygens (including phenoxy) is 1. The first-order valence-corrected chi connectivity index (χ1v) is 8.31. The van der Waals surface area contributed by atoms with E-state index in [0.717, 1.165) is 12.1 Å². The van der Waals surface area contributed by atoms with Crippen molar-refractivity contribution in [1.82, 2.24) is 9.62 Å². The van der Waals surface area contributed by atoms with Crippen LogP contribution in [0.3, 0.4) is 0 Å². The Hall–Kier alpha value is -2.00. The zero-order valence-electron chi connectivity index (χ0n) is 12.6. The fraction of sp³-hybridized carbons (Fsp3) is 0.462. The predicted octanol–water partition coefficient (Wildman–Crippen LogP) is -0.150. The lowest BCUT2D eigenvalue weighted by Gasteiger charge is -2.34. The molecule has 0 aliphatic carbocycles. The lowest BCUT2D eigenvalue weighted by molar-refractivity contribution is -0.118. The van der Waals surface area contributed by atoms with Crippen molar-refractivity contribution in [3.63, 3.8) is 0 Å². The number of amides is 1. The highest BCUT2D eigenvalue weighted by molar-refractivity contribution is 7.90. The van der Waals surface area contributed by atoms with Gasteiger partial charge in [-0.1, -0.05) is 0 Å². The summed E-state index contributed by atoms with van der Waals surface area (Å²) in [4.78, 5) is 14.5. The molecular weight excluding hydrogens is 308 g/mol. The zero-order valence-corrected chi connectivity index (χ0v) is 13.4. The van der Waals surface area contributed by atoms with Crippen molar-refractivity contribution in [1.29, 1.82) is 0 Å². The number of hydrogen-bond acceptors (Lipinski definition) is 5. The van der Waals surface area contributed by atoms with Gasteiger partial charge in [-0.15, -0.1) is 0 Å². The van der Waals surface area contributed by atoms with E-state index >= 15 is 0 Å². The Labute approximate surface area is 130 Å². The summed E-state index contributed by atoms with van der Waals surface area (Å²) in [7, 11) is -0.807. The number of hydrogen-bond donors (Lipinski definition) is 2. The maximum absolute atomic E-state index is 11.7. The molecule has 122 valence electrons. The van der Waals surface area contributed by atoms with Gasteiger partial charge in [0.05, 0.1) is 12.8 Å². The Kier molecular flexibility index (Phi) is 5.09. The Bertz CT molecular complexity index is 627. The molecule has 9 heteroatoms. The fourth-order valence-electron chi connectivity index (χ4n) is 2.25. The minimum Gasteiger partial charge on any atom is -0.495 e. The molecule has 1 fully saturated rings. The van der Waals surface area contributed by atoms with Crippen LogP contribution in [0, 0.1) is 0 Å². The number of nitrogens with zero attached hydrogens (tertiary/aromatic N) is 2. The van der Waals surface area contributed by atoms with E-state index in [1.165, 1.54) is 14.2 Å². The Morgan fingerprint density at radius 1 is 1.23 bits per heavy atom. The minimum absolute atomic E-state index is 0.368. The van der Waals surface area contributed by atoms with Gasteiger partial charge < -0.3 is 14.5 Å². The molecule has 0 bridgehead atoms. The number of carbonyl (C=O) groups excluding carboxylic acids is 1. The highest BCUT2D eigenvalue weighted by Gasteiger charge is 2.18. The average molecular weight is 328 g/mol. The second-order valence-electron chi connectivity index (χ2n) is 4.82. The molecule has 1 saturated heterocycles. The molecule has 1 aliphatic rings. The molecule has 1 aliphatic heterocycles. The molecule has 1 aromatic rings. The molecule has 1 heterocycles. The third-order valence-corrected chi connectivity index (χ3v) is 4.55. The molecule has 0 aromatic heterocycles. The summed E-state index contributed by atoms with van der Waals surface area (Å²) in [5.41, 5.74) is 1.24. The van der Waals surface area contributed by atoms with Crippen LogP contribution in [0.1, 0.15) is 0 Å². The van der Waals surface area contributed by atoms with E-state index in [0.29, 0.717) is 37.6 Å². The number of nitrogens with one attached hydrogen (secondary N) is 2. The number of rotatable bonds is 6. The summed E-state index contributed by atoms with van der Waals surface area (Å²) < 4.78 is 33.2. The van der Waals surface area contributed by atoms with Gasteiger partial charge in [0.2, 0.25) is 6.41 Å². The summed E-state index contributed by atoms with van der Waals surface area (Å²) in [5.74, 6) is 0.439. The summed E-state index contributed by atoms with van der Waals surface area (Å²) >= 11 is 0. The smallest absolute Gasteiger partial charge is 0.298 e. The van der Waals surface area contributed by atoms with Crippen molar-refractivity contribution in [2.45, 2.75) is 0 Å². The van der Waals surface area contributed by atoms with Gasteiger partial charge in [-0.3, -0.25) is 9.52 Å². The van der Waals surface area contributed by atoms with Crippen LogP contribution in [0.5, 0.6) is 5.75 Å². The van der Waals surface area contributed by atoms with Crippen molar-refractivity contribution in [2.24, 2.45) is 0 Å². The zero-order chi connectivity index (χ0) is 16.2. The molecule has 1 aromatic carbocycles. The number of benzene rings is 1. The van der Waals surface area contributed by atoms with Gasteiger partial charge in [0.25, 0.3) is 10.2 Å². The monoisotopic (exact) mass is 328 g/mol. The molecule has 22 heavy (non-hydrogen) atoms. The van der Waals surface area contributed by atoms with Crippen LogP contribution >= 0.6 is 0 Å². The van der Waals surface area contributed by atoms with Gasteiger partial charge in [0.15, 0.2) is 0 Å². The van der Waals surface area contributed by atoms with E-state index in [1.807, 2.05) is 6.07 Å². The normalized spacial score (nSPS) is 15.5. The van der Waals surface area contributed by atoms with Gasteiger partial charge in [0, 0.05) is 38.9 Å². The molecule has 0 spiro atoms. The van der Waals surface area contributed by atoms with Crippen molar-refractivity contribution >= 4 is 28.0 Å². The summed E-state index contributed by atoms with van der Waals surface area (Å²) in [6, 6.07) is 5.31. The van der Waals surface area contributed by atoms with Gasteiger partial charge in [0.1, 0.15) is 5.75 Å². The number of methoxy groups -OCH3 is 1. The Balaban J connectivity index is 2.22. The average Bonchev–Trinajstić information content (AvgIpc) is 2.54. The van der Waals surface area contributed by atoms with E-state index in [1.54, 1.807) is 17.0 Å². The molecule has 1 amide bonds. The largest absolute Gasteiger partial charge is 0.495 e. The van der Waals surface area contributed by atoms with E-state index in [2.05, 4.69) is 14.3 Å². The molecule has 2 rings (SSSR count). The van der Waals surface area contributed by atoms with Gasteiger partial charge >= 0.3 is 0 Å². The quantitative estimate of drug-likeness (QED) is 0.709. The lowest BCUT2D eigenvalue weighted by atomic mass is 10.2. The van der Waals surface area contributed by atoms with Gasteiger partial charge in [-0.2, -0.15) is 8.42 Å². The first-order valence-electron chi connectivity index (χ1n) is 6.82. The minimum atomic E-state index is -3.62. The third-order valence-electron chi connectivity index (χ3n) is 3.52. The standard InChI is InChI=1S/C13H20N4O4S/c1-14-22(19,20)15-12-9-11(3-4-13(12)21-2)17-7-5-16(10-18)6-8-17/h3-4,9-10,14-15H,5-8H2,1-2H3. The number of anilines is 2. The van der Waals surface area contributed by atoms with Crippen molar-refractivity contribution in [2.75, 3.05) is 50.0 Å². The predicted molar refractivity (Wildman–Crippen MR) is 84.4 cm³/mol. The van der Waals surface area contributed by atoms with E-state index in [4.69, 9.17) is 4.74 Å². The Morgan fingerprint density at radius 3 is 2.45 bits per heavy atom. The van der Waals surface area contributed by atoms with Crippen LogP contribution in [0.2, 0.25) is 0 Å². The van der Waals surface area contributed by atoms with Gasteiger partial charge in [-0.25, -0.2) is 4.72 Å². The molecule has 2 N–H and O–H groups in total. The summed E-state index contributed by atoms with van der Waals surface area (Å²) in [5, 5.41) is 0. The summed E-state index contributed by atoms with van der Waals surface area (Å²) in [6.07, 6.45) is 0.845. The van der Waals surface area contributed by atoms with Crippen LogP contribution in [0.15, 0.2) is 18.2 Å². The van der Waals surface area contributed by atoms with E-state index in [9.17, 15) is 13.2 Å². The topological polar surface area (TPSA) is 91.0 Å². The molecule has 0 unspecified atom stereocenters. The Morgan fingerprint density at radius 2 is 1.91 bits per heavy atom. The van der Waals surface area contributed by atoms with E-state index < -0.39 is 10.2 Å². The van der Waals surface area contributed by atoms with Crippen LogP contribution in [-0.2, 0) is 15.0 Å². The number of carbonyl (C=O) groups is 1. The van der Waals surface area contributed by atoms with E-state index in [-0.39, 0.29) is 0 Å². The first-order chi connectivity index (χ1) is 10.5. The molecular formula is C13H20N4O4S. The van der Waals surface area contributed by atoms with Crippen LogP contribution in [0.4, 0.5) is 11.4 Å². The summed E-state index contributed by atoms with van der Waals surface area (Å²) in [6.45, 7) is 2.69. The van der Waals surface area contributed by atoms with Crippen molar-refractivity contribution in [3.8, 4) is 5.75 Å². The van der Waals surface area contributed by atoms with Gasteiger partial charge in [-0.05, 0) is 18.2 Å². The van der Waals surface area contributed by atoms with Crippen molar-refractivity contribution in [3.05, 3.63) is 18.2 Å². The fourth-order valence-corrected chi connectivity index (χ4v) is 2.80. The van der Waals surface area contributed by atoms with Crippen molar-refractivity contribution < 1.29 is 17.9 Å². The van der Waals surface area contributed by atoms with Crippen LogP contribution in [0.25, 0.3) is 0 Å². The lowest BCUT2D eigenvalue weighted by Crippen LogP contribution is -2.45. The molecule has 0 atom stereocenters. The molecule has 0 saturated carbocycles. The molecule has 0 radical (unpaired) electrons. The third kappa shape index (κ3) is 3.80. The second kappa shape index (κ2) is 6.84. The second-order valence-corrected chi connectivity index (χ2v) is 6.44. The number of piperazine rings is 1.